The van der Waals surface area contributed by atoms with Gasteiger partial charge in [0.05, 0.1) is 27.3 Å². The van der Waals surface area contributed by atoms with Crippen molar-refractivity contribution in [1.29, 1.82) is 0 Å². The molecule has 0 bridgehead atoms. The first-order valence-electron chi connectivity index (χ1n) is 12.2. The zero-order valence-electron chi connectivity index (χ0n) is 21.4. The van der Waals surface area contributed by atoms with Crippen LogP contribution in [-0.4, -0.2) is 23.1 Å². The smallest absolute Gasteiger partial charge is 0.416 e. The van der Waals surface area contributed by atoms with Gasteiger partial charge in [-0.05, 0) is 74.3 Å². The summed E-state index contributed by atoms with van der Waals surface area (Å²) in [4.78, 5) is 29.4. The number of rotatable bonds is 6. The topological polar surface area (TPSA) is 83.5 Å². The molecule has 0 atom stereocenters. The van der Waals surface area contributed by atoms with Gasteiger partial charge in [0, 0.05) is 36.0 Å². The highest BCUT2D eigenvalue weighted by atomic mass is 79.9. The molecule has 13 heteroatoms. The van der Waals surface area contributed by atoms with Gasteiger partial charge < -0.3 is 9.72 Å². The van der Waals surface area contributed by atoms with Crippen molar-refractivity contribution in [3.05, 3.63) is 120 Å². The number of aromatic amines is 1. The number of nitrogens with one attached hydrogen (secondary N) is 2. The molecule has 1 amide bonds. The number of ether oxygens (including phenoxy) is 1. The Labute approximate surface area is 272 Å². The van der Waals surface area contributed by atoms with Gasteiger partial charge in [-0.25, -0.2) is 10.2 Å². The van der Waals surface area contributed by atoms with E-state index in [4.69, 9.17) is 16.3 Å². The van der Waals surface area contributed by atoms with Crippen molar-refractivity contribution in [3.8, 4) is 16.9 Å². The number of amides is 1. The second-order valence-electron chi connectivity index (χ2n) is 8.99. The summed E-state index contributed by atoms with van der Waals surface area (Å²) < 4.78 is 46.6. The summed E-state index contributed by atoms with van der Waals surface area (Å²) in [6, 6.07) is 19.7. The minimum Gasteiger partial charge on any atom is -0.421 e. The van der Waals surface area contributed by atoms with E-state index in [9.17, 15) is 22.8 Å². The number of halogens is 7. The van der Waals surface area contributed by atoms with E-state index < -0.39 is 23.6 Å². The van der Waals surface area contributed by atoms with Gasteiger partial charge in [-0.2, -0.15) is 18.3 Å². The van der Waals surface area contributed by atoms with Crippen LogP contribution in [0.25, 0.3) is 22.0 Å². The van der Waals surface area contributed by atoms with Gasteiger partial charge >= 0.3 is 12.1 Å². The molecule has 0 aliphatic heterocycles. The first-order chi connectivity index (χ1) is 20.4. The summed E-state index contributed by atoms with van der Waals surface area (Å²) >= 11 is 16.7. The molecular formula is C30H16Br3ClF3N3O3. The van der Waals surface area contributed by atoms with Crippen LogP contribution in [0.3, 0.4) is 0 Å². The SMILES string of the molecule is O=C(Oc1c(Br)cc(Br)cc1C=NNC(=O)c1[nH]c2c(Br)cccc2c1-c1ccccc1Cl)c1cccc(C(F)(F)F)c1. The summed E-state index contributed by atoms with van der Waals surface area (Å²) in [7, 11) is 0. The van der Waals surface area contributed by atoms with E-state index in [-0.39, 0.29) is 22.6 Å². The Kier molecular flexibility index (Phi) is 9.12. The van der Waals surface area contributed by atoms with Crippen LogP contribution in [0.2, 0.25) is 5.02 Å². The molecule has 0 aliphatic carbocycles. The number of hydrazone groups is 1. The van der Waals surface area contributed by atoms with Gasteiger partial charge in [-0.15, -0.1) is 0 Å². The maximum Gasteiger partial charge on any atom is 0.416 e. The monoisotopic (exact) mass is 795 g/mol. The van der Waals surface area contributed by atoms with Crippen molar-refractivity contribution >= 4 is 88.4 Å². The van der Waals surface area contributed by atoms with Gasteiger partial charge in [0.25, 0.3) is 5.91 Å². The van der Waals surface area contributed by atoms with Crippen LogP contribution in [0.15, 0.2) is 97.4 Å². The Morgan fingerprint density at radius 3 is 2.42 bits per heavy atom. The summed E-state index contributed by atoms with van der Waals surface area (Å²) in [5.74, 6) is -1.61. The summed E-state index contributed by atoms with van der Waals surface area (Å²) in [6.07, 6.45) is -3.38. The first kappa shape index (κ1) is 31.0. The van der Waals surface area contributed by atoms with Crippen LogP contribution in [0.4, 0.5) is 13.2 Å². The van der Waals surface area contributed by atoms with Crippen molar-refractivity contribution in [1.82, 2.24) is 10.4 Å². The van der Waals surface area contributed by atoms with E-state index in [1.807, 2.05) is 24.3 Å². The van der Waals surface area contributed by atoms with Gasteiger partial charge in [-0.3, -0.25) is 4.79 Å². The maximum absolute atomic E-state index is 13.4. The highest BCUT2D eigenvalue weighted by Crippen LogP contribution is 2.39. The van der Waals surface area contributed by atoms with Crippen molar-refractivity contribution in [2.45, 2.75) is 6.18 Å². The molecular weight excluding hydrogens is 783 g/mol. The quantitative estimate of drug-likeness (QED) is 0.0777. The molecule has 0 radical (unpaired) electrons. The fourth-order valence-electron chi connectivity index (χ4n) is 4.27. The number of nitrogens with zero attached hydrogens (tertiary/aromatic N) is 1. The van der Waals surface area contributed by atoms with Gasteiger partial charge in [0.1, 0.15) is 5.69 Å². The Morgan fingerprint density at radius 2 is 1.67 bits per heavy atom. The van der Waals surface area contributed by atoms with E-state index in [1.54, 1.807) is 30.3 Å². The van der Waals surface area contributed by atoms with Crippen molar-refractivity contribution < 1.29 is 27.5 Å². The predicted molar refractivity (Wildman–Crippen MR) is 170 cm³/mol. The van der Waals surface area contributed by atoms with Gasteiger partial charge in [-0.1, -0.05) is 63.9 Å². The summed E-state index contributed by atoms with van der Waals surface area (Å²) in [5.41, 5.74) is 3.56. The number of aromatic nitrogens is 1. The maximum atomic E-state index is 13.4. The lowest BCUT2D eigenvalue weighted by Crippen LogP contribution is -2.19. The average Bonchev–Trinajstić information content (AvgIpc) is 3.35. The number of hydrogen-bond donors (Lipinski definition) is 2. The molecule has 0 aliphatic rings. The lowest BCUT2D eigenvalue weighted by Gasteiger charge is -2.12. The third-order valence-corrected chi connectivity index (χ3v) is 8.22. The average molecular weight is 799 g/mol. The van der Waals surface area contributed by atoms with Crippen molar-refractivity contribution in [2.75, 3.05) is 0 Å². The lowest BCUT2D eigenvalue weighted by molar-refractivity contribution is -0.137. The number of carbonyl (C=O) groups excluding carboxylic acids is 2. The fourth-order valence-corrected chi connectivity index (χ4v) is 6.30. The second kappa shape index (κ2) is 12.7. The van der Waals surface area contributed by atoms with Crippen molar-refractivity contribution in [3.63, 3.8) is 0 Å². The second-order valence-corrected chi connectivity index (χ2v) is 12.0. The molecule has 2 N–H and O–H groups in total. The standard InChI is InChI=1S/C30H16Br3ClF3N3O3/c31-18-12-16(27(22(33)13-18)43-29(42)15-5-3-6-17(11-15)30(35,36)37)14-38-40-28(41)26-24(19-7-1-2-10-23(19)34)20-8-4-9-21(32)25(20)39-26/h1-14,39H,(H,40,41). The van der Waals surface area contributed by atoms with Gasteiger partial charge in [0.15, 0.2) is 5.75 Å². The molecule has 0 saturated carbocycles. The molecule has 6 nitrogen and oxygen atoms in total. The zero-order valence-corrected chi connectivity index (χ0v) is 26.9. The molecule has 0 fully saturated rings. The highest BCUT2D eigenvalue weighted by molar-refractivity contribution is 9.11. The third kappa shape index (κ3) is 6.72. The van der Waals surface area contributed by atoms with Crippen LogP contribution in [0.5, 0.6) is 5.75 Å². The Morgan fingerprint density at radius 1 is 0.930 bits per heavy atom. The molecule has 4 aromatic carbocycles. The van der Waals surface area contributed by atoms with E-state index in [2.05, 4.69) is 63.3 Å². The predicted octanol–water partition coefficient (Wildman–Crippen LogP) is 9.78. The van der Waals surface area contributed by atoms with E-state index >= 15 is 0 Å². The molecule has 1 heterocycles. The zero-order chi connectivity index (χ0) is 30.9. The number of esters is 1. The first-order valence-corrected chi connectivity index (χ1v) is 15.0. The molecule has 5 rings (SSSR count). The fraction of sp³-hybridized carbons (Fsp3) is 0.0333. The molecule has 43 heavy (non-hydrogen) atoms. The number of alkyl halides is 3. The molecule has 5 aromatic rings. The van der Waals surface area contributed by atoms with Crippen LogP contribution in [-0.2, 0) is 6.18 Å². The number of fused-ring (bicyclic) bond motifs is 1. The number of benzene rings is 4. The number of carbonyl (C=O) groups is 2. The number of H-pyrrole nitrogens is 1. The molecule has 218 valence electrons. The minimum absolute atomic E-state index is 0.0186. The number of para-hydroxylation sites is 1. The van der Waals surface area contributed by atoms with Gasteiger partial charge in [0.2, 0.25) is 0 Å². The Bertz CT molecular complexity index is 1930. The lowest BCUT2D eigenvalue weighted by atomic mass is 10.0. The molecule has 1 aromatic heterocycles. The minimum atomic E-state index is -4.63. The molecule has 0 saturated heterocycles. The van der Waals surface area contributed by atoms with E-state index in [0.29, 0.717) is 36.7 Å². The third-order valence-electron chi connectivity index (χ3n) is 6.18. The molecule has 0 unspecified atom stereocenters. The highest BCUT2D eigenvalue weighted by Gasteiger charge is 2.31. The van der Waals surface area contributed by atoms with Crippen molar-refractivity contribution in [2.24, 2.45) is 5.10 Å². The van der Waals surface area contributed by atoms with Crippen LogP contribution in [0.1, 0.15) is 32.0 Å². The van der Waals surface area contributed by atoms with E-state index in [1.165, 1.54) is 12.3 Å². The molecule has 0 spiro atoms. The Balaban J connectivity index is 1.45. The van der Waals surface area contributed by atoms with Crippen LogP contribution in [0, 0.1) is 0 Å². The van der Waals surface area contributed by atoms with Crippen LogP contribution < -0.4 is 10.2 Å². The number of hydrogen-bond acceptors (Lipinski definition) is 4. The largest absolute Gasteiger partial charge is 0.421 e. The normalized spacial score (nSPS) is 11.7. The van der Waals surface area contributed by atoms with E-state index in [0.717, 1.165) is 22.0 Å². The van der Waals surface area contributed by atoms with Crippen LogP contribution >= 0.6 is 59.4 Å². The summed E-state index contributed by atoms with van der Waals surface area (Å²) in [6.45, 7) is 0. The summed E-state index contributed by atoms with van der Waals surface area (Å²) in [5, 5.41) is 5.28. The Hall–Kier alpha value is -3.45.